The Hall–Kier alpha value is -0.400. The first-order valence-electron chi connectivity index (χ1n) is 0.671. The Kier molecular flexibility index (Phi) is 751. The average molecular weight is 136 g/mol. The Labute approximate surface area is 40.8 Å². The normalized spacial score (nSPS) is 3.43. The average Bonchev–Trinajstić information content (AvgIpc) is 1.78. The van der Waals surface area contributed by atoms with Crippen LogP contribution in [0.3, 0.4) is 0 Å². The molecule has 0 fully saturated rings. The van der Waals surface area contributed by atoms with Crippen molar-refractivity contribution in [2.75, 3.05) is 0 Å². The van der Waals surface area contributed by atoms with Crippen LogP contribution in [0.15, 0.2) is 0 Å². The van der Waals surface area contributed by atoms with E-state index in [-0.39, 0.29) is 0 Å². The molecule has 0 atom stereocenters. The molecule has 0 bridgehead atoms. The third-order valence-electron chi connectivity index (χ3n) is 0. The lowest BCUT2D eigenvalue weighted by Gasteiger charge is -1.13. The molecule has 7 heteroatoms. The van der Waals surface area contributed by atoms with E-state index in [1.165, 1.54) is 0 Å². The van der Waals surface area contributed by atoms with Crippen LogP contribution < -0.4 is 0 Å². The molecule has 0 saturated heterocycles. The molecule has 0 radical (unpaired) electrons. The van der Waals surface area contributed by atoms with E-state index in [9.17, 15) is 0 Å². The van der Waals surface area contributed by atoms with E-state index in [4.69, 9.17) is 28.1 Å². The largest absolute Gasteiger partial charge is 0.335 e. The fourth-order valence-electron chi connectivity index (χ4n) is 0. The van der Waals surface area contributed by atoms with Crippen LogP contribution in [0, 0.1) is 0 Å². The molecule has 2 N–H and O–H groups in total. The monoisotopic (exact) mass is 136 g/mol. The summed E-state index contributed by atoms with van der Waals surface area (Å²) in [7, 11) is 0. The summed E-state index contributed by atoms with van der Waals surface area (Å²) in [6.45, 7) is 0. The summed E-state index contributed by atoms with van der Waals surface area (Å²) in [4.78, 5) is 0. The fraction of sp³-hybridized carbons (Fsp3) is 0. The van der Waals surface area contributed by atoms with Crippen LogP contribution in [0.4, 0.5) is 9.05 Å². The second kappa shape index (κ2) is 329. The van der Waals surface area contributed by atoms with Crippen molar-refractivity contribution in [2.45, 2.75) is 0 Å². The van der Waals surface area contributed by atoms with Gasteiger partial charge in [0.25, 0.3) is 0 Å². The van der Waals surface area contributed by atoms with E-state index in [0.29, 0.717) is 0 Å². The molecule has 0 aromatic carbocycles. The van der Waals surface area contributed by atoms with Crippen molar-refractivity contribution in [1.82, 2.24) is 0 Å². The van der Waals surface area contributed by atoms with Gasteiger partial charge in [-0.15, -0.1) is 0 Å². The molecular formula is H2F2O4S. The van der Waals surface area contributed by atoms with Crippen molar-refractivity contribution in [3.63, 3.8) is 0 Å². The van der Waals surface area contributed by atoms with Gasteiger partial charge >= 0.3 is 11.6 Å². The Balaban J connectivity index is -0.0000000360. The van der Waals surface area contributed by atoms with Gasteiger partial charge in [-0.3, -0.25) is 0 Å². The predicted molar refractivity (Wildman–Crippen MR) is 15.6 cm³/mol. The number of hydrogen-bond donors (Lipinski definition) is 2. The number of rotatable bonds is 0. The summed E-state index contributed by atoms with van der Waals surface area (Å²) < 4.78 is 33.6. The molecule has 7 heavy (non-hydrogen) atoms. The van der Waals surface area contributed by atoms with E-state index in [2.05, 4.69) is 0 Å². The Morgan fingerprint density at radius 1 is 1.00 bits per heavy atom. The zero-order valence-corrected chi connectivity index (χ0v) is 3.69. The van der Waals surface area contributed by atoms with Crippen molar-refractivity contribution >= 4 is 11.6 Å². The fourth-order valence-corrected chi connectivity index (χ4v) is 0. The Morgan fingerprint density at radius 2 is 1.00 bits per heavy atom. The van der Waals surface area contributed by atoms with E-state index in [1.807, 2.05) is 0 Å². The first kappa shape index (κ1) is 16.0. The smallest absolute Gasteiger partial charge is 0.209 e. The van der Waals surface area contributed by atoms with E-state index < -0.39 is 11.6 Å². The lowest BCUT2D eigenvalue weighted by atomic mass is 15.7. The quantitative estimate of drug-likeness (QED) is 0.450. The molecule has 46 valence electrons. The van der Waals surface area contributed by atoms with Gasteiger partial charge in [0, 0.05) is 0 Å². The maximum atomic E-state index is 8.50. The molecule has 0 aliphatic carbocycles. The van der Waals surface area contributed by atoms with Gasteiger partial charge in [-0.1, -0.05) is 9.05 Å². The van der Waals surface area contributed by atoms with Crippen LogP contribution in [0.2, 0.25) is 0 Å². The highest BCUT2D eigenvalue weighted by atomic mass is 32.1. The highest BCUT2D eigenvalue weighted by molar-refractivity contribution is 7.51. The summed E-state index contributed by atoms with van der Waals surface area (Å²) in [6, 6.07) is 0. The molecule has 0 heterocycles. The Bertz CT molecular complexity index is 30.7. The molecule has 0 aliphatic heterocycles. The minimum Gasteiger partial charge on any atom is -0.209 e. The van der Waals surface area contributed by atoms with Crippen LogP contribution in [0.1, 0.15) is 0 Å². The first-order chi connectivity index (χ1) is 3.41. The predicted octanol–water partition coefficient (Wildman–Crippen LogP) is -0.944. The van der Waals surface area contributed by atoms with Crippen molar-refractivity contribution < 1.29 is 28.1 Å². The van der Waals surface area contributed by atoms with Gasteiger partial charge in [-0.25, -0.2) is 10.6 Å². The minimum absolute atomic E-state index is 0.750. The van der Waals surface area contributed by atoms with Crippen molar-refractivity contribution in [1.29, 1.82) is 0 Å². The summed E-state index contributed by atoms with van der Waals surface area (Å²) in [5.74, 6) is 0. The standard InChI is InChI=1S/2FHO.O2S/c2*1-2;1-3-2/h2*2H;. The molecule has 0 saturated carbocycles. The van der Waals surface area contributed by atoms with Crippen LogP contribution in [0.25, 0.3) is 0 Å². The minimum atomic E-state index is -0.750. The lowest BCUT2D eigenvalue weighted by Crippen LogP contribution is -1.18. The zero-order chi connectivity index (χ0) is 6.71. The van der Waals surface area contributed by atoms with Gasteiger partial charge < -0.3 is 0 Å². The molecule has 0 aromatic rings. The van der Waals surface area contributed by atoms with E-state index >= 15 is 0 Å². The lowest BCUT2D eigenvalue weighted by molar-refractivity contribution is -0.0442. The highest BCUT2D eigenvalue weighted by Gasteiger charge is 1.12. The third kappa shape index (κ3) is 454. The molecule has 0 amide bonds. The van der Waals surface area contributed by atoms with Crippen molar-refractivity contribution in [3.05, 3.63) is 0 Å². The van der Waals surface area contributed by atoms with Crippen molar-refractivity contribution in [2.24, 2.45) is 0 Å². The molecule has 4 nitrogen and oxygen atoms in total. The van der Waals surface area contributed by atoms with Crippen LogP contribution in [-0.4, -0.2) is 19.0 Å². The van der Waals surface area contributed by atoms with Crippen molar-refractivity contribution in [3.8, 4) is 0 Å². The molecule has 0 aliphatic rings. The van der Waals surface area contributed by atoms with E-state index in [1.54, 1.807) is 0 Å². The number of halogens is 2. The molecular weight excluding hydrogens is 134 g/mol. The highest BCUT2D eigenvalue weighted by Crippen LogP contribution is 1.13. The molecule has 0 unspecified atom stereocenters. The van der Waals surface area contributed by atoms with Gasteiger partial charge in [-0.05, 0) is 0 Å². The molecule has 0 rings (SSSR count). The Morgan fingerprint density at radius 3 is 1.00 bits per heavy atom. The van der Waals surface area contributed by atoms with Gasteiger partial charge in [0.15, 0.2) is 0 Å². The maximum Gasteiger partial charge on any atom is 0.335 e. The topological polar surface area (TPSA) is 74.6 Å². The molecule has 0 aromatic heterocycles. The summed E-state index contributed by atoms with van der Waals surface area (Å²) >= 11 is -0.750. The number of hydrogen-bond acceptors (Lipinski definition) is 4. The molecule has 0 spiro atoms. The first-order valence-corrected chi connectivity index (χ1v) is 1.34. The van der Waals surface area contributed by atoms with Crippen LogP contribution in [-0.2, 0) is 11.6 Å². The second-order valence-corrected chi connectivity index (χ2v) is 0.204. The summed E-state index contributed by atoms with van der Waals surface area (Å²) in [5.41, 5.74) is 0. The second-order valence-electron chi connectivity index (χ2n) is 0.0680. The maximum absolute atomic E-state index is 8.50. The van der Waals surface area contributed by atoms with Crippen LogP contribution >= 0.6 is 0 Å². The summed E-state index contributed by atoms with van der Waals surface area (Å²) in [6.07, 6.45) is 0. The third-order valence-corrected chi connectivity index (χ3v) is 0. The van der Waals surface area contributed by atoms with Gasteiger partial charge in [0.2, 0.25) is 0 Å². The van der Waals surface area contributed by atoms with E-state index in [0.717, 1.165) is 0 Å². The van der Waals surface area contributed by atoms with Crippen LogP contribution in [0.5, 0.6) is 0 Å². The zero-order valence-electron chi connectivity index (χ0n) is 2.88. The SMILES string of the molecule is O=S=O.OF.OF. The van der Waals surface area contributed by atoms with Gasteiger partial charge in [0.1, 0.15) is 0 Å². The van der Waals surface area contributed by atoms with Gasteiger partial charge in [-0.2, -0.15) is 8.42 Å². The van der Waals surface area contributed by atoms with Gasteiger partial charge in [0.05, 0.1) is 0 Å². The summed E-state index contributed by atoms with van der Waals surface area (Å²) in [5, 5.41) is 11.0.